The summed E-state index contributed by atoms with van der Waals surface area (Å²) in [6.45, 7) is 0.950. The molecule has 1 N–H and O–H groups in total. The van der Waals surface area contributed by atoms with Crippen molar-refractivity contribution in [2.75, 3.05) is 13.1 Å². The SMILES string of the molecule is O=Cc1ccc2nccc(OC3CCN(C(=O)O)CC3)c2c1. The van der Waals surface area contributed by atoms with Gasteiger partial charge in [0.25, 0.3) is 0 Å². The minimum atomic E-state index is -0.886. The Kier molecular flexibility index (Phi) is 3.91. The number of pyridine rings is 1. The maximum Gasteiger partial charge on any atom is 0.407 e. The Hall–Kier alpha value is -2.63. The molecular weight excluding hydrogens is 284 g/mol. The first-order chi connectivity index (χ1) is 10.7. The van der Waals surface area contributed by atoms with Gasteiger partial charge in [-0.1, -0.05) is 0 Å². The molecule has 6 heteroatoms. The summed E-state index contributed by atoms with van der Waals surface area (Å²) in [6, 6.07) is 7.05. The Morgan fingerprint density at radius 2 is 2.09 bits per heavy atom. The van der Waals surface area contributed by atoms with Crippen LogP contribution in [0.3, 0.4) is 0 Å². The summed E-state index contributed by atoms with van der Waals surface area (Å²) >= 11 is 0. The van der Waals surface area contributed by atoms with Gasteiger partial charge in [-0.05, 0) is 24.3 Å². The monoisotopic (exact) mass is 300 g/mol. The summed E-state index contributed by atoms with van der Waals surface area (Å²) in [5.41, 5.74) is 1.34. The van der Waals surface area contributed by atoms with Gasteiger partial charge in [0, 0.05) is 43.1 Å². The first-order valence-corrected chi connectivity index (χ1v) is 7.16. The van der Waals surface area contributed by atoms with Crippen molar-refractivity contribution < 1.29 is 19.4 Å². The maximum atomic E-state index is 10.9. The zero-order valence-electron chi connectivity index (χ0n) is 11.9. The van der Waals surface area contributed by atoms with Crippen LogP contribution in [-0.2, 0) is 0 Å². The Balaban J connectivity index is 1.79. The van der Waals surface area contributed by atoms with E-state index in [2.05, 4.69) is 4.98 Å². The van der Waals surface area contributed by atoms with E-state index >= 15 is 0 Å². The van der Waals surface area contributed by atoms with Crippen LogP contribution in [0.2, 0.25) is 0 Å². The highest BCUT2D eigenvalue weighted by molar-refractivity contribution is 5.90. The second kappa shape index (κ2) is 6.01. The number of aromatic nitrogens is 1. The number of amides is 1. The number of carbonyl (C=O) groups excluding carboxylic acids is 1. The first kappa shape index (κ1) is 14.3. The summed E-state index contributed by atoms with van der Waals surface area (Å²) in [6.07, 6.45) is 2.86. The van der Waals surface area contributed by atoms with Gasteiger partial charge < -0.3 is 14.7 Å². The lowest BCUT2D eigenvalue weighted by atomic mass is 10.1. The number of ether oxygens (including phenoxy) is 1. The standard InChI is InChI=1S/C16H16N2O4/c19-10-11-1-2-14-13(9-11)15(3-6-17-14)22-12-4-7-18(8-5-12)16(20)21/h1-3,6,9-10,12H,4-5,7-8H2,(H,20,21). The molecule has 0 aliphatic carbocycles. The van der Waals surface area contributed by atoms with Crippen molar-refractivity contribution in [2.45, 2.75) is 18.9 Å². The second-order valence-corrected chi connectivity index (χ2v) is 5.29. The van der Waals surface area contributed by atoms with Crippen LogP contribution in [0.4, 0.5) is 4.79 Å². The van der Waals surface area contributed by atoms with Crippen LogP contribution in [0.15, 0.2) is 30.5 Å². The number of nitrogens with zero attached hydrogens (tertiary/aromatic N) is 2. The van der Waals surface area contributed by atoms with Crippen LogP contribution >= 0.6 is 0 Å². The van der Waals surface area contributed by atoms with E-state index in [0.717, 1.165) is 17.2 Å². The molecule has 1 saturated heterocycles. The summed E-state index contributed by atoms with van der Waals surface area (Å²) in [5.74, 6) is 0.683. The van der Waals surface area contributed by atoms with E-state index in [9.17, 15) is 9.59 Å². The molecular formula is C16H16N2O4. The quantitative estimate of drug-likeness (QED) is 0.881. The van der Waals surface area contributed by atoms with Gasteiger partial charge in [-0.3, -0.25) is 9.78 Å². The fourth-order valence-corrected chi connectivity index (χ4v) is 2.66. The number of rotatable bonds is 3. The van der Waals surface area contributed by atoms with Gasteiger partial charge in [-0.15, -0.1) is 0 Å². The summed E-state index contributed by atoms with van der Waals surface area (Å²) < 4.78 is 6.02. The van der Waals surface area contributed by atoms with Crippen molar-refractivity contribution in [2.24, 2.45) is 0 Å². The van der Waals surface area contributed by atoms with Crippen LogP contribution in [0.25, 0.3) is 10.9 Å². The normalized spacial score (nSPS) is 15.7. The zero-order valence-corrected chi connectivity index (χ0v) is 11.9. The molecule has 2 heterocycles. The van der Waals surface area contributed by atoms with Gasteiger partial charge >= 0.3 is 6.09 Å². The lowest BCUT2D eigenvalue weighted by molar-refractivity contribution is 0.0902. The molecule has 1 aromatic carbocycles. The number of hydrogen-bond acceptors (Lipinski definition) is 4. The average Bonchev–Trinajstić information content (AvgIpc) is 2.55. The highest BCUT2D eigenvalue weighted by atomic mass is 16.5. The van der Waals surface area contributed by atoms with E-state index < -0.39 is 6.09 Å². The predicted octanol–water partition coefficient (Wildman–Crippen LogP) is 2.57. The Labute approximate surface area is 127 Å². The summed E-state index contributed by atoms with van der Waals surface area (Å²) in [4.78, 5) is 27.5. The second-order valence-electron chi connectivity index (χ2n) is 5.29. The van der Waals surface area contributed by atoms with Crippen molar-refractivity contribution in [3.05, 3.63) is 36.0 Å². The lowest BCUT2D eigenvalue weighted by Gasteiger charge is -2.30. The number of aldehydes is 1. The lowest BCUT2D eigenvalue weighted by Crippen LogP contribution is -2.41. The molecule has 1 aromatic heterocycles. The third kappa shape index (κ3) is 2.86. The van der Waals surface area contributed by atoms with E-state index in [1.54, 1.807) is 30.5 Å². The van der Waals surface area contributed by atoms with Crippen molar-refractivity contribution >= 4 is 23.3 Å². The third-order valence-electron chi connectivity index (χ3n) is 3.87. The summed E-state index contributed by atoms with van der Waals surface area (Å²) in [5, 5.41) is 9.76. The van der Waals surface area contributed by atoms with Gasteiger partial charge in [0.15, 0.2) is 0 Å². The van der Waals surface area contributed by atoms with Gasteiger partial charge in [0.2, 0.25) is 0 Å². The molecule has 0 spiro atoms. The number of hydrogen-bond donors (Lipinski definition) is 1. The minimum absolute atomic E-state index is 0.0268. The number of likely N-dealkylation sites (tertiary alicyclic amines) is 1. The largest absolute Gasteiger partial charge is 0.490 e. The molecule has 1 aliphatic rings. The van der Waals surface area contributed by atoms with Crippen LogP contribution < -0.4 is 4.74 Å². The molecule has 2 aromatic rings. The van der Waals surface area contributed by atoms with Crippen molar-refractivity contribution in [3.8, 4) is 5.75 Å². The number of fused-ring (bicyclic) bond motifs is 1. The highest BCUT2D eigenvalue weighted by Crippen LogP contribution is 2.27. The average molecular weight is 300 g/mol. The molecule has 0 bridgehead atoms. The molecule has 1 amide bonds. The molecule has 0 atom stereocenters. The van der Waals surface area contributed by atoms with Gasteiger partial charge in [-0.2, -0.15) is 0 Å². The van der Waals surface area contributed by atoms with Crippen LogP contribution in [-0.4, -0.2) is 46.6 Å². The molecule has 1 fully saturated rings. The predicted molar refractivity (Wildman–Crippen MR) is 80.4 cm³/mol. The van der Waals surface area contributed by atoms with E-state index in [1.165, 1.54) is 4.90 Å². The topological polar surface area (TPSA) is 79.7 Å². The molecule has 114 valence electrons. The first-order valence-electron chi connectivity index (χ1n) is 7.16. The Bertz CT molecular complexity index is 708. The number of benzene rings is 1. The smallest absolute Gasteiger partial charge is 0.407 e. The number of piperidine rings is 1. The molecule has 0 unspecified atom stereocenters. The van der Waals surface area contributed by atoms with Gasteiger partial charge in [0.1, 0.15) is 18.1 Å². The van der Waals surface area contributed by atoms with E-state index in [0.29, 0.717) is 37.2 Å². The van der Waals surface area contributed by atoms with Crippen LogP contribution in [0.1, 0.15) is 23.2 Å². The van der Waals surface area contributed by atoms with Crippen LogP contribution in [0, 0.1) is 0 Å². The minimum Gasteiger partial charge on any atom is -0.490 e. The fourth-order valence-electron chi connectivity index (χ4n) is 2.66. The Morgan fingerprint density at radius 1 is 1.32 bits per heavy atom. The molecule has 22 heavy (non-hydrogen) atoms. The maximum absolute atomic E-state index is 10.9. The molecule has 1 aliphatic heterocycles. The van der Waals surface area contributed by atoms with E-state index in [1.807, 2.05) is 0 Å². The molecule has 6 nitrogen and oxygen atoms in total. The zero-order chi connectivity index (χ0) is 15.5. The highest BCUT2D eigenvalue weighted by Gasteiger charge is 2.23. The molecule has 0 radical (unpaired) electrons. The number of carbonyl (C=O) groups is 2. The number of carboxylic acid groups (broad SMARTS) is 1. The van der Waals surface area contributed by atoms with E-state index in [4.69, 9.17) is 9.84 Å². The van der Waals surface area contributed by atoms with Gasteiger partial charge in [0.05, 0.1) is 5.52 Å². The molecule has 3 rings (SSSR count). The van der Waals surface area contributed by atoms with Gasteiger partial charge in [-0.25, -0.2) is 4.79 Å². The fraction of sp³-hybridized carbons (Fsp3) is 0.312. The Morgan fingerprint density at radius 3 is 2.77 bits per heavy atom. The van der Waals surface area contributed by atoms with Crippen LogP contribution in [0.5, 0.6) is 5.75 Å². The third-order valence-corrected chi connectivity index (χ3v) is 3.87. The van der Waals surface area contributed by atoms with E-state index in [-0.39, 0.29) is 6.10 Å². The molecule has 0 saturated carbocycles. The summed E-state index contributed by atoms with van der Waals surface area (Å²) in [7, 11) is 0. The van der Waals surface area contributed by atoms with Crippen molar-refractivity contribution in [1.29, 1.82) is 0 Å². The van der Waals surface area contributed by atoms with Crippen molar-refractivity contribution in [3.63, 3.8) is 0 Å². The van der Waals surface area contributed by atoms with Crippen molar-refractivity contribution in [1.82, 2.24) is 9.88 Å².